The van der Waals surface area contributed by atoms with Crippen LogP contribution in [0.1, 0.15) is 29.0 Å². The molecule has 156 valence electrons. The maximum absolute atomic E-state index is 12.8. The van der Waals surface area contributed by atoms with E-state index in [9.17, 15) is 9.59 Å². The fourth-order valence-electron chi connectivity index (χ4n) is 3.84. The maximum atomic E-state index is 12.8. The van der Waals surface area contributed by atoms with Crippen LogP contribution >= 0.6 is 11.6 Å². The van der Waals surface area contributed by atoms with Crippen LogP contribution in [-0.2, 0) is 4.79 Å². The van der Waals surface area contributed by atoms with Crippen LogP contribution in [0.3, 0.4) is 0 Å². The van der Waals surface area contributed by atoms with Gasteiger partial charge in [0.05, 0.1) is 11.6 Å². The summed E-state index contributed by atoms with van der Waals surface area (Å²) < 4.78 is 5.76. The first-order valence-electron chi connectivity index (χ1n) is 10.1. The van der Waals surface area contributed by atoms with Gasteiger partial charge in [0.25, 0.3) is 5.91 Å². The van der Waals surface area contributed by atoms with Crippen molar-refractivity contribution in [3.63, 3.8) is 0 Å². The molecule has 1 aliphatic heterocycles. The monoisotopic (exact) mass is 425 g/mol. The number of furan rings is 1. The molecule has 0 aliphatic carbocycles. The van der Waals surface area contributed by atoms with Gasteiger partial charge in [-0.05, 0) is 38.0 Å². The highest BCUT2D eigenvalue weighted by Gasteiger charge is 2.25. The highest BCUT2D eigenvalue weighted by Crippen LogP contribution is 2.30. The molecule has 30 heavy (non-hydrogen) atoms. The van der Waals surface area contributed by atoms with Crippen LogP contribution in [0, 0.1) is 6.92 Å². The summed E-state index contributed by atoms with van der Waals surface area (Å²) in [6.07, 6.45) is 1.56. The molecule has 6 nitrogen and oxygen atoms in total. The number of amides is 2. The first-order valence-corrected chi connectivity index (χ1v) is 10.4. The Bertz CT molecular complexity index is 1060. The summed E-state index contributed by atoms with van der Waals surface area (Å²) in [7, 11) is 0. The second-order valence-corrected chi connectivity index (χ2v) is 8.02. The van der Waals surface area contributed by atoms with E-state index in [0.717, 1.165) is 42.6 Å². The maximum Gasteiger partial charge on any atom is 0.287 e. The van der Waals surface area contributed by atoms with E-state index in [1.807, 2.05) is 49.4 Å². The number of nitrogens with one attached hydrogen (secondary N) is 2. The van der Waals surface area contributed by atoms with Crippen molar-refractivity contribution in [1.82, 2.24) is 10.2 Å². The van der Waals surface area contributed by atoms with Crippen LogP contribution in [0.5, 0.6) is 0 Å². The molecule has 3 aromatic rings. The molecule has 2 aromatic carbocycles. The molecule has 0 atom stereocenters. The van der Waals surface area contributed by atoms with Crippen LogP contribution < -0.4 is 10.6 Å². The van der Waals surface area contributed by atoms with E-state index in [-0.39, 0.29) is 17.9 Å². The Hall–Kier alpha value is -2.83. The lowest BCUT2D eigenvalue weighted by Crippen LogP contribution is -2.46. The number of fused-ring (bicyclic) bond motifs is 1. The van der Waals surface area contributed by atoms with Crippen molar-refractivity contribution >= 4 is 40.1 Å². The molecule has 0 spiro atoms. The van der Waals surface area contributed by atoms with Gasteiger partial charge in [0.1, 0.15) is 0 Å². The Morgan fingerprint density at radius 1 is 1.10 bits per heavy atom. The van der Waals surface area contributed by atoms with Crippen LogP contribution in [0.25, 0.3) is 11.0 Å². The Morgan fingerprint density at radius 2 is 1.83 bits per heavy atom. The van der Waals surface area contributed by atoms with Crippen molar-refractivity contribution in [3.8, 4) is 0 Å². The lowest BCUT2D eigenvalue weighted by atomic mass is 10.0. The highest BCUT2D eigenvalue weighted by atomic mass is 35.5. The second kappa shape index (κ2) is 8.90. The molecule has 1 fully saturated rings. The second-order valence-electron chi connectivity index (χ2n) is 7.61. The van der Waals surface area contributed by atoms with Gasteiger partial charge in [-0.25, -0.2) is 0 Å². The number of para-hydroxylation sites is 2. The number of carbonyl (C=O) groups is 2. The molecule has 0 unspecified atom stereocenters. The summed E-state index contributed by atoms with van der Waals surface area (Å²) in [5, 5.41) is 7.32. The molecule has 7 heteroatoms. The van der Waals surface area contributed by atoms with Gasteiger partial charge in [0, 0.05) is 35.8 Å². The molecule has 0 saturated carbocycles. The minimum Gasteiger partial charge on any atom is -0.449 e. The van der Waals surface area contributed by atoms with E-state index in [0.29, 0.717) is 22.9 Å². The summed E-state index contributed by atoms with van der Waals surface area (Å²) in [5.41, 5.74) is 2.13. The van der Waals surface area contributed by atoms with E-state index < -0.39 is 0 Å². The summed E-state index contributed by atoms with van der Waals surface area (Å²) in [6, 6.07) is 15.0. The van der Waals surface area contributed by atoms with Gasteiger partial charge in [-0.15, -0.1) is 0 Å². The van der Waals surface area contributed by atoms with Gasteiger partial charge >= 0.3 is 0 Å². The lowest BCUT2D eigenvalue weighted by molar-refractivity contribution is -0.117. The molecule has 1 saturated heterocycles. The van der Waals surface area contributed by atoms with Crippen molar-refractivity contribution in [2.45, 2.75) is 25.8 Å². The topological polar surface area (TPSA) is 74.6 Å². The predicted octanol–water partition coefficient (Wildman–Crippen LogP) is 4.23. The number of piperidine rings is 1. The van der Waals surface area contributed by atoms with Crippen molar-refractivity contribution in [3.05, 3.63) is 64.9 Å². The zero-order valence-corrected chi connectivity index (χ0v) is 17.5. The fourth-order valence-corrected chi connectivity index (χ4v) is 4.05. The molecular formula is C23H24ClN3O3. The smallest absolute Gasteiger partial charge is 0.287 e. The molecule has 0 radical (unpaired) electrons. The fraction of sp³-hybridized carbons (Fsp3) is 0.304. The van der Waals surface area contributed by atoms with Crippen molar-refractivity contribution in [1.29, 1.82) is 0 Å². The number of carbonyl (C=O) groups excluding carboxylic acids is 2. The van der Waals surface area contributed by atoms with Crippen LogP contribution in [-0.4, -0.2) is 42.4 Å². The summed E-state index contributed by atoms with van der Waals surface area (Å²) in [4.78, 5) is 27.1. The first kappa shape index (κ1) is 20.4. The molecule has 0 bridgehead atoms. The van der Waals surface area contributed by atoms with Gasteiger partial charge in [0.15, 0.2) is 11.3 Å². The number of rotatable bonds is 5. The average molecular weight is 426 g/mol. The lowest BCUT2D eigenvalue weighted by Gasteiger charge is -2.31. The molecule has 2 heterocycles. The Morgan fingerprint density at radius 3 is 2.53 bits per heavy atom. The summed E-state index contributed by atoms with van der Waals surface area (Å²) in [5.74, 6) is 0.0567. The highest BCUT2D eigenvalue weighted by molar-refractivity contribution is 6.35. The summed E-state index contributed by atoms with van der Waals surface area (Å²) >= 11 is 6.18. The van der Waals surface area contributed by atoms with Crippen molar-refractivity contribution < 1.29 is 14.0 Å². The van der Waals surface area contributed by atoms with Gasteiger partial charge in [-0.2, -0.15) is 0 Å². The summed E-state index contributed by atoms with van der Waals surface area (Å²) in [6.45, 7) is 3.71. The standard InChI is InChI=1S/C23H24ClN3O3/c1-15-18-8-5-9-19(24)22(18)30-21(15)23(29)26-17-10-12-27(13-11-17)14-20(28)25-16-6-3-2-4-7-16/h2-9,17H,10-14H2,1H3,(H,25,28)(H,26,29). The third-order valence-electron chi connectivity index (χ3n) is 5.47. The minimum atomic E-state index is -0.222. The van der Waals surface area contributed by atoms with Crippen molar-refractivity contribution in [2.24, 2.45) is 0 Å². The zero-order valence-electron chi connectivity index (χ0n) is 16.8. The zero-order chi connectivity index (χ0) is 21.1. The number of hydrogen-bond donors (Lipinski definition) is 2. The molecule has 1 aliphatic rings. The van der Waals surface area contributed by atoms with E-state index in [1.165, 1.54) is 0 Å². The van der Waals surface area contributed by atoms with Crippen LogP contribution in [0.2, 0.25) is 5.02 Å². The third kappa shape index (κ3) is 4.50. The molecular weight excluding hydrogens is 402 g/mol. The number of halogens is 1. The first-order chi connectivity index (χ1) is 14.5. The van der Waals surface area contributed by atoms with Gasteiger partial charge in [0.2, 0.25) is 5.91 Å². The van der Waals surface area contributed by atoms with Crippen LogP contribution in [0.15, 0.2) is 52.9 Å². The van der Waals surface area contributed by atoms with E-state index in [1.54, 1.807) is 6.07 Å². The number of anilines is 1. The number of likely N-dealkylation sites (tertiary alicyclic amines) is 1. The van der Waals surface area contributed by atoms with E-state index in [4.69, 9.17) is 16.0 Å². The number of aryl methyl sites for hydroxylation is 1. The normalized spacial score (nSPS) is 15.3. The molecule has 4 rings (SSSR count). The van der Waals surface area contributed by atoms with Gasteiger partial charge < -0.3 is 15.1 Å². The van der Waals surface area contributed by atoms with Gasteiger partial charge in [-0.1, -0.05) is 41.9 Å². The van der Waals surface area contributed by atoms with E-state index >= 15 is 0 Å². The third-order valence-corrected chi connectivity index (χ3v) is 5.77. The average Bonchev–Trinajstić information content (AvgIpc) is 3.08. The van der Waals surface area contributed by atoms with Crippen LogP contribution in [0.4, 0.5) is 5.69 Å². The largest absolute Gasteiger partial charge is 0.449 e. The number of hydrogen-bond acceptors (Lipinski definition) is 4. The van der Waals surface area contributed by atoms with Gasteiger partial charge in [-0.3, -0.25) is 14.5 Å². The molecule has 2 N–H and O–H groups in total. The predicted molar refractivity (Wildman–Crippen MR) is 118 cm³/mol. The molecule has 2 amide bonds. The molecule has 1 aromatic heterocycles. The van der Waals surface area contributed by atoms with E-state index in [2.05, 4.69) is 15.5 Å². The van der Waals surface area contributed by atoms with Crippen molar-refractivity contribution in [2.75, 3.05) is 25.0 Å². The number of nitrogens with zero attached hydrogens (tertiary/aromatic N) is 1. The Labute approximate surface area is 180 Å². The number of benzene rings is 2. The minimum absolute atomic E-state index is 0.0292. The SMILES string of the molecule is Cc1c(C(=O)NC2CCN(CC(=O)Nc3ccccc3)CC2)oc2c(Cl)cccc12. The Kier molecular flexibility index (Phi) is 6.06. The quantitative estimate of drug-likeness (QED) is 0.641. The Balaban J connectivity index is 1.30.